The average Bonchev–Trinajstić information content (AvgIpc) is 2.99. The summed E-state index contributed by atoms with van der Waals surface area (Å²) in [7, 11) is -3.24. The zero-order chi connectivity index (χ0) is 19.5. The second-order valence-corrected chi connectivity index (χ2v) is 8.00. The molecular formula is C15H18ClF3N4O3S. The summed E-state index contributed by atoms with van der Waals surface area (Å²) >= 11 is 0. The summed E-state index contributed by atoms with van der Waals surface area (Å²) in [6.07, 6.45) is -0.909. The summed E-state index contributed by atoms with van der Waals surface area (Å²) in [5, 5.41) is 6.35. The van der Waals surface area contributed by atoms with E-state index in [4.69, 9.17) is 5.73 Å². The molecule has 0 aliphatic rings. The Hall–Kier alpha value is -2.11. The minimum Gasteiger partial charge on any atom is -0.322 e. The van der Waals surface area contributed by atoms with Crippen molar-refractivity contribution in [2.45, 2.75) is 18.6 Å². The fourth-order valence-corrected chi connectivity index (χ4v) is 2.74. The van der Waals surface area contributed by atoms with Crippen LogP contribution >= 0.6 is 12.4 Å². The van der Waals surface area contributed by atoms with Crippen molar-refractivity contribution in [3.05, 3.63) is 42.2 Å². The van der Waals surface area contributed by atoms with Crippen LogP contribution < -0.4 is 11.1 Å². The number of nitrogens with two attached hydrogens (primary N) is 1. The smallest absolute Gasteiger partial charge is 0.322 e. The Balaban J connectivity index is 0.00000364. The Morgan fingerprint density at radius 3 is 2.63 bits per heavy atom. The number of anilines is 1. The highest BCUT2D eigenvalue weighted by atomic mass is 35.5. The number of carbonyl (C=O) groups excluding carboxylic acids is 1. The lowest BCUT2D eigenvalue weighted by Crippen LogP contribution is -2.37. The zero-order valence-electron chi connectivity index (χ0n) is 14.1. The number of carbonyl (C=O) groups is 1. The fourth-order valence-electron chi connectivity index (χ4n) is 2.06. The van der Waals surface area contributed by atoms with Crippen LogP contribution in [0, 0.1) is 0 Å². The van der Waals surface area contributed by atoms with Gasteiger partial charge in [0.2, 0.25) is 5.91 Å². The molecule has 1 amide bonds. The standard InChI is InChI=1S/C15H17F3N4O3S.ClH/c1-26(24,25)6-5-13(19)14(23)21-11-8-20-22(9-11)12-4-2-3-10(7-12)15(16,17)18;/h2-4,7-9,13H,5-6,19H2,1H3,(H,21,23);1H. The van der Waals surface area contributed by atoms with Crippen LogP contribution in [-0.2, 0) is 20.8 Å². The van der Waals surface area contributed by atoms with Crippen LogP contribution in [0.25, 0.3) is 5.69 Å². The van der Waals surface area contributed by atoms with Crippen LogP contribution in [0.1, 0.15) is 12.0 Å². The zero-order valence-corrected chi connectivity index (χ0v) is 15.7. The molecule has 3 N–H and O–H groups in total. The molecular weight excluding hydrogens is 409 g/mol. The van der Waals surface area contributed by atoms with Crippen molar-refractivity contribution in [3.8, 4) is 5.69 Å². The number of hydrogen-bond acceptors (Lipinski definition) is 5. The summed E-state index contributed by atoms with van der Waals surface area (Å²) in [5.74, 6) is -0.845. The van der Waals surface area contributed by atoms with Crippen LogP contribution in [0.5, 0.6) is 0 Å². The molecule has 7 nitrogen and oxygen atoms in total. The van der Waals surface area contributed by atoms with Crippen molar-refractivity contribution < 1.29 is 26.4 Å². The molecule has 1 aromatic carbocycles. The van der Waals surface area contributed by atoms with Crippen LogP contribution in [0.15, 0.2) is 36.7 Å². The molecule has 0 bridgehead atoms. The van der Waals surface area contributed by atoms with E-state index in [1.54, 1.807) is 0 Å². The molecule has 0 aliphatic heterocycles. The first-order chi connectivity index (χ1) is 12.0. The van der Waals surface area contributed by atoms with Gasteiger partial charge in [0, 0.05) is 6.26 Å². The predicted molar refractivity (Wildman–Crippen MR) is 96.7 cm³/mol. The van der Waals surface area contributed by atoms with Gasteiger partial charge in [-0.1, -0.05) is 6.07 Å². The van der Waals surface area contributed by atoms with Crippen molar-refractivity contribution in [1.82, 2.24) is 9.78 Å². The number of halogens is 4. The molecule has 12 heteroatoms. The highest BCUT2D eigenvalue weighted by Crippen LogP contribution is 2.30. The number of hydrogen-bond donors (Lipinski definition) is 2. The van der Waals surface area contributed by atoms with Gasteiger partial charge in [0.1, 0.15) is 9.84 Å². The fraction of sp³-hybridized carbons (Fsp3) is 0.333. The molecule has 0 saturated carbocycles. The summed E-state index contributed by atoms with van der Waals surface area (Å²) < 4.78 is 61.7. The molecule has 1 aromatic heterocycles. The third kappa shape index (κ3) is 6.85. The van der Waals surface area contributed by atoms with Gasteiger partial charge >= 0.3 is 6.18 Å². The van der Waals surface area contributed by atoms with Crippen molar-refractivity contribution in [2.75, 3.05) is 17.3 Å². The first kappa shape index (κ1) is 22.9. The van der Waals surface area contributed by atoms with E-state index in [1.807, 2.05) is 0 Å². The number of alkyl halides is 3. The third-order valence-electron chi connectivity index (χ3n) is 3.42. The van der Waals surface area contributed by atoms with Gasteiger partial charge in [-0.25, -0.2) is 13.1 Å². The summed E-state index contributed by atoms with van der Waals surface area (Å²) in [6, 6.07) is 3.51. The predicted octanol–water partition coefficient (Wildman–Crippen LogP) is 2.01. The molecule has 0 aliphatic carbocycles. The van der Waals surface area contributed by atoms with Gasteiger partial charge in [-0.05, 0) is 24.6 Å². The van der Waals surface area contributed by atoms with E-state index in [2.05, 4.69) is 10.4 Å². The second kappa shape index (κ2) is 8.72. The molecule has 27 heavy (non-hydrogen) atoms. The monoisotopic (exact) mass is 426 g/mol. The Bertz CT molecular complexity index is 900. The lowest BCUT2D eigenvalue weighted by atomic mass is 10.2. The van der Waals surface area contributed by atoms with Crippen LogP contribution in [-0.4, -0.2) is 42.2 Å². The average molecular weight is 427 g/mol. The number of benzene rings is 1. The number of nitrogens with zero attached hydrogens (tertiary/aromatic N) is 2. The SMILES string of the molecule is CS(=O)(=O)CCC(N)C(=O)Nc1cnn(-c2cccc(C(F)(F)F)c2)c1.Cl. The molecule has 1 heterocycles. The van der Waals surface area contributed by atoms with E-state index in [1.165, 1.54) is 29.2 Å². The molecule has 1 atom stereocenters. The van der Waals surface area contributed by atoms with Gasteiger partial charge in [-0.2, -0.15) is 18.3 Å². The molecule has 0 spiro atoms. The van der Waals surface area contributed by atoms with Crippen LogP contribution in [0.4, 0.5) is 18.9 Å². The first-order valence-corrected chi connectivity index (χ1v) is 9.48. The van der Waals surface area contributed by atoms with Crippen molar-refractivity contribution in [1.29, 1.82) is 0 Å². The summed E-state index contributed by atoms with van der Waals surface area (Å²) in [6.45, 7) is 0. The number of sulfone groups is 1. The highest BCUT2D eigenvalue weighted by molar-refractivity contribution is 7.90. The number of aromatic nitrogens is 2. The summed E-state index contributed by atoms with van der Waals surface area (Å²) in [4.78, 5) is 11.9. The largest absolute Gasteiger partial charge is 0.416 e. The maximum Gasteiger partial charge on any atom is 0.416 e. The quantitative estimate of drug-likeness (QED) is 0.734. The minimum absolute atomic E-state index is 0. The molecule has 2 aromatic rings. The lowest BCUT2D eigenvalue weighted by molar-refractivity contribution is -0.137. The van der Waals surface area contributed by atoms with Gasteiger partial charge < -0.3 is 11.1 Å². The number of rotatable bonds is 6. The number of nitrogens with one attached hydrogen (secondary N) is 1. The third-order valence-corrected chi connectivity index (χ3v) is 4.40. The molecule has 0 fully saturated rings. The van der Waals surface area contributed by atoms with Crippen molar-refractivity contribution in [3.63, 3.8) is 0 Å². The van der Waals surface area contributed by atoms with E-state index < -0.39 is 33.5 Å². The van der Waals surface area contributed by atoms with E-state index in [0.29, 0.717) is 0 Å². The Kier molecular flexibility index (Phi) is 7.40. The van der Waals surface area contributed by atoms with Gasteiger partial charge in [-0.3, -0.25) is 4.79 Å². The molecule has 1 unspecified atom stereocenters. The Labute approximate surface area is 160 Å². The van der Waals surface area contributed by atoms with Crippen molar-refractivity contribution in [2.24, 2.45) is 5.73 Å². The maximum absolute atomic E-state index is 12.8. The van der Waals surface area contributed by atoms with Gasteiger partial charge in [0.15, 0.2) is 0 Å². The van der Waals surface area contributed by atoms with E-state index in [-0.39, 0.29) is 36.0 Å². The van der Waals surface area contributed by atoms with E-state index in [0.717, 1.165) is 18.4 Å². The maximum atomic E-state index is 12.8. The topological polar surface area (TPSA) is 107 Å². The van der Waals surface area contributed by atoms with Crippen LogP contribution in [0.3, 0.4) is 0 Å². The van der Waals surface area contributed by atoms with E-state index in [9.17, 15) is 26.4 Å². The Morgan fingerprint density at radius 1 is 1.37 bits per heavy atom. The number of amides is 1. The normalized spacial score (nSPS) is 12.9. The molecule has 0 radical (unpaired) electrons. The van der Waals surface area contributed by atoms with E-state index >= 15 is 0 Å². The lowest BCUT2D eigenvalue weighted by Gasteiger charge is -2.10. The second-order valence-electron chi connectivity index (χ2n) is 5.74. The molecule has 2 rings (SSSR count). The highest BCUT2D eigenvalue weighted by Gasteiger charge is 2.30. The molecule has 150 valence electrons. The van der Waals surface area contributed by atoms with Crippen LogP contribution in [0.2, 0.25) is 0 Å². The van der Waals surface area contributed by atoms with Gasteiger partial charge in [0.25, 0.3) is 0 Å². The Morgan fingerprint density at radius 2 is 2.04 bits per heavy atom. The minimum atomic E-state index is -4.48. The van der Waals surface area contributed by atoms with Gasteiger partial charge in [-0.15, -0.1) is 12.4 Å². The molecule has 0 saturated heterocycles. The van der Waals surface area contributed by atoms with Gasteiger partial charge in [0.05, 0.1) is 41.1 Å². The summed E-state index contributed by atoms with van der Waals surface area (Å²) in [5.41, 5.74) is 5.20. The first-order valence-electron chi connectivity index (χ1n) is 7.42. The van der Waals surface area contributed by atoms with Crippen molar-refractivity contribution >= 4 is 33.8 Å².